The van der Waals surface area contributed by atoms with Crippen molar-refractivity contribution in [3.63, 3.8) is 0 Å². The largest absolute Gasteiger partial charge is 0.243 e. The quantitative estimate of drug-likeness (QED) is 0.810. The van der Waals surface area contributed by atoms with Crippen molar-refractivity contribution in [1.82, 2.24) is 4.31 Å². The van der Waals surface area contributed by atoms with Gasteiger partial charge in [0, 0.05) is 13.1 Å². The van der Waals surface area contributed by atoms with Gasteiger partial charge >= 0.3 is 0 Å². The van der Waals surface area contributed by atoms with E-state index in [0.717, 1.165) is 4.31 Å². The lowest BCUT2D eigenvalue weighted by molar-refractivity contribution is 0.430. The van der Waals surface area contributed by atoms with Gasteiger partial charge in [0.2, 0.25) is 10.0 Å². The van der Waals surface area contributed by atoms with Crippen LogP contribution in [0.5, 0.6) is 0 Å². The highest BCUT2D eigenvalue weighted by Gasteiger charge is 2.33. The van der Waals surface area contributed by atoms with Gasteiger partial charge in [0.1, 0.15) is 5.82 Å². The molecule has 1 fully saturated rings. The van der Waals surface area contributed by atoms with Crippen LogP contribution in [-0.2, 0) is 19.9 Å². The van der Waals surface area contributed by atoms with Gasteiger partial charge in [0.25, 0.3) is 0 Å². The minimum absolute atomic E-state index is 0.0546. The van der Waals surface area contributed by atoms with E-state index < -0.39 is 25.7 Å². The van der Waals surface area contributed by atoms with Crippen LogP contribution in [0.25, 0.3) is 0 Å². The van der Waals surface area contributed by atoms with Crippen molar-refractivity contribution in [2.24, 2.45) is 0 Å². The molecule has 0 aliphatic carbocycles. The number of aryl methyl sites for hydroxylation is 2. The first-order valence-corrected chi connectivity index (χ1v) is 9.37. The summed E-state index contributed by atoms with van der Waals surface area (Å²) in [6, 6.07) is 2.33. The van der Waals surface area contributed by atoms with Crippen LogP contribution in [0.3, 0.4) is 0 Å². The van der Waals surface area contributed by atoms with E-state index in [2.05, 4.69) is 0 Å². The SMILES string of the molecule is Cc1cc(F)cc(C)c1S(=O)(=O)N1CCS(=O)(=O)CC1. The second kappa shape index (κ2) is 5.09. The molecule has 1 aliphatic rings. The summed E-state index contributed by atoms with van der Waals surface area (Å²) in [4.78, 5) is 0.0678. The Hall–Kier alpha value is -0.990. The molecule has 0 aromatic heterocycles. The van der Waals surface area contributed by atoms with Gasteiger partial charge < -0.3 is 0 Å². The molecule has 8 heteroatoms. The summed E-state index contributed by atoms with van der Waals surface area (Å²) in [7, 11) is -6.94. The number of sulfone groups is 1. The average molecular weight is 321 g/mol. The van der Waals surface area contributed by atoms with Crippen molar-refractivity contribution >= 4 is 19.9 Å². The van der Waals surface area contributed by atoms with E-state index in [1.54, 1.807) is 0 Å². The van der Waals surface area contributed by atoms with Crippen LogP contribution in [-0.4, -0.2) is 45.7 Å². The van der Waals surface area contributed by atoms with Gasteiger partial charge in [-0.15, -0.1) is 0 Å². The van der Waals surface area contributed by atoms with Crippen LogP contribution in [0.4, 0.5) is 4.39 Å². The fourth-order valence-electron chi connectivity index (χ4n) is 2.37. The zero-order valence-electron chi connectivity index (χ0n) is 11.3. The monoisotopic (exact) mass is 321 g/mol. The lowest BCUT2D eigenvalue weighted by atomic mass is 10.1. The molecule has 1 saturated heterocycles. The van der Waals surface area contributed by atoms with E-state index >= 15 is 0 Å². The Morgan fingerprint density at radius 2 is 1.55 bits per heavy atom. The number of rotatable bonds is 2. The first-order chi connectivity index (χ1) is 9.13. The number of halogens is 1. The van der Waals surface area contributed by atoms with Crippen LogP contribution in [0.15, 0.2) is 17.0 Å². The molecule has 2 rings (SSSR count). The van der Waals surface area contributed by atoms with Crippen LogP contribution >= 0.6 is 0 Å². The molecule has 1 aromatic carbocycles. The number of nitrogens with zero attached hydrogens (tertiary/aromatic N) is 1. The van der Waals surface area contributed by atoms with Crippen LogP contribution in [0.1, 0.15) is 11.1 Å². The zero-order valence-corrected chi connectivity index (χ0v) is 12.9. The standard InChI is InChI=1S/C12H16FNO4S2/c1-9-7-11(13)8-10(2)12(9)20(17,18)14-3-5-19(15,16)6-4-14/h7-8H,3-6H2,1-2H3. The van der Waals surface area contributed by atoms with Crippen LogP contribution < -0.4 is 0 Å². The molecule has 5 nitrogen and oxygen atoms in total. The highest BCUT2D eigenvalue weighted by molar-refractivity contribution is 7.92. The Morgan fingerprint density at radius 3 is 2.00 bits per heavy atom. The maximum absolute atomic E-state index is 13.3. The van der Waals surface area contributed by atoms with Gasteiger partial charge in [-0.1, -0.05) is 0 Å². The normalized spacial score (nSPS) is 19.9. The van der Waals surface area contributed by atoms with Gasteiger partial charge in [-0.2, -0.15) is 4.31 Å². The molecular weight excluding hydrogens is 305 g/mol. The third kappa shape index (κ3) is 2.87. The van der Waals surface area contributed by atoms with Gasteiger partial charge in [-0.3, -0.25) is 0 Å². The van der Waals surface area contributed by atoms with E-state index in [-0.39, 0.29) is 29.5 Å². The Labute approximate surface area is 118 Å². The number of sulfonamides is 1. The van der Waals surface area contributed by atoms with Gasteiger partial charge in [-0.25, -0.2) is 21.2 Å². The zero-order chi connectivity index (χ0) is 15.1. The summed E-state index contributed by atoms with van der Waals surface area (Å²) < 4.78 is 62.3. The third-order valence-corrected chi connectivity index (χ3v) is 7.14. The highest BCUT2D eigenvalue weighted by atomic mass is 32.2. The van der Waals surface area contributed by atoms with Crippen molar-refractivity contribution in [2.75, 3.05) is 24.6 Å². The lowest BCUT2D eigenvalue weighted by Gasteiger charge is -2.27. The van der Waals surface area contributed by atoms with Crippen LogP contribution in [0.2, 0.25) is 0 Å². The second-order valence-corrected chi connectivity index (χ2v) is 9.10. The Kier molecular flexibility index (Phi) is 3.92. The molecule has 0 saturated carbocycles. The summed E-state index contributed by atoms with van der Waals surface area (Å²) in [5.74, 6) is -0.836. The summed E-state index contributed by atoms with van der Waals surface area (Å²) >= 11 is 0. The molecule has 0 bridgehead atoms. The maximum Gasteiger partial charge on any atom is 0.243 e. The number of hydrogen-bond acceptors (Lipinski definition) is 4. The molecule has 0 radical (unpaired) electrons. The predicted molar refractivity (Wildman–Crippen MR) is 73.3 cm³/mol. The lowest BCUT2D eigenvalue weighted by Crippen LogP contribution is -2.44. The Balaban J connectivity index is 2.42. The summed E-state index contributed by atoms with van der Waals surface area (Å²) in [6.07, 6.45) is 0. The number of benzene rings is 1. The van der Waals surface area contributed by atoms with Crippen molar-refractivity contribution in [1.29, 1.82) is 0 Å². The topological polar surface area (TPSA) is 71.5 Å². The molecule has 0 amide bonds. The molecule has 1 aromatic rings. The molecule has 20 heavy (non-hydrogen) atoms. The van der Waals surface area contributed by atoms with Gasteiger partial charge in [0.15, 0.2) is 9.84 Å². The molecule has 0 spiro atoms. The second-order valence-electron chi connectivity index (χ2n) is 4.92. The summed E-state index contributed by atoms with van der Waals surface area (Å²) in [6.45, 7) is 2.95. The molecular formula is C12H16FNO4S2. The third-order valence-electron chi connectivity index (χ3n) is 3.33. The Bertz CT molecular complexity index is 704. The molecule has 1 aliphatic heterocycles. The average Bonchev–Trinajstić information content (AvgIpc) is 2.26. The van der Waals surface area contributed by atoms with E-state index in [0.29, 0.717) is 11.1 Å². The highest BCUT2D eigenvalue weighted by Crippen LogP contribution is 2.26. The smallest absolute Gasteiger partial charge is 0.229 e. The molecule has 0 N–H and O–H groups in total. The number of hydrogen-bond donors (Lipinski definition) is 0. The Morgan fingerprint density at radius 1 is 1.10 bits per heavy atom. The van der Waals surface area contributed by atoms with E-state index in [9.17, 15) is 21.2 Å². The minimum atomic E-state index is -3.79. The summed E-state index contributed by atoms with van der Waals surface area (Å²) in [5, 5.41) is 0. The first-order valence-electron chi connectivity index (χ1n) is 6.11. The van der Waals surface area contributed by atoms with Crippen molar-refractivity contribution in [3.8, 4) is 0 Å². The summed E-state index contributed by atoms with van der Waals surface area (Å²) in [5.41, 5.74) is 0.659. The predicted octanol–water partition coefficient (Wildman–Crippen LogP) is 0.862. The fraction of sp³-hybridized carbons (Fsp3) is 0.500. The molecule has 0 atom stereocenters. The maximum atomic E-state index is 13.3. The van der Waals surface area contributed by atoms with E-state index in [1.807, 2.05) is 0 Å². The van der Waals surface area contributed by atoms with Crippen molar-refractivity contribution in [3.05, 3.63) is 29.1 Å². The minimum Gasteiger partial charge on any atom is -0.229 e. The van der Waals surface area contributed by atoms with Crippen molar-refractivity contribution in [2.45, 2.75) is 18.7 Å². The molecule has 112 valence electrons. The first kappa shape index (κ1) is 15.4. The van der Waals surface area contributed by atoms with E-state index in [4.69, 9.17) is 0 Å². The fourth-order valence-corrected chi connectivity index (χ4v) is 5.65. The van der Waals surface area contributed by atoms with Crippen molar-refractivity contribution < 1.29 is 21.2 Å². The molecule has 1 heterocycles. The molecule has 0 unspecified atom stereocenters. The van der Waals surface area contributed by atoms with Gasteiger partial charge in [0.05, 0.1) is 16.4 Å². The van der Waals surface area contributed by atoms with E-state index in [1.165, 1.54) is 26.0 Å². The van der Waals surface area contributed by atoms with Gasteiger partial charge in [-0.05, 0) is 37.1 Å². The van der Waals surface area contributed by atoms with Crippen LogP contribution in [0, 0.1) is 19.7 Å².